The fraction of sp³-hybridized carbons (Fsp3) is 0.300. The topological polar surface area (TPSA) is 46.5 Å². The van der Waals surface area contributed by atoms with Crippen molar-refractivity contribution < 1.29 is 23.4 Å². The van der Waals surface area contributed by atoms with Gasteiger partial charge in [0.05, 0.1) is 7.11 Å². The zero-order valence-corrected chi connectivity index (χ0v) is 8.04. The van der Waals surface area contributed by atoms with Crippen LogP contribution >= 0.6 is 0 Å². The highest BCUT2D eigenvalue weighted by molar-refractivity contribution is 5.75. The van der Waals surface area contributed by atoms with Gasteiger partial charge in [-0.25, -0.2) is 4.79 Å². The molecule has 0 saturated carbocycles. The van der Waals surface area contributed by atoms with Crippen molar-refractivity contribution in [3.63, 3.8) is 0 Å². The number of halogens is 2. The molecule has 0 aliphatic heterocycles. The average molecular weight is 216 g/mol. The van der Waals surface area contributed by atoms with Crippen LogP contribution in [0.25, 0.3) is 0 Å². The minimum absolute atomic E-state index is 0.253. The second kappa shape index (κ2) is 4.25. The molecule has 0 atom stereocenters. The second-order valence-electron chi connectivity index (χ2n) is 3.03. The number of carboxylic acids is 1. The number of rotatable bonds is 4. The van der Waals surface area contributed by atoms with Gasteiger partial charge in [-0.05, 0) is 17.7 Å². The van der Waals surface area contributed by atoms with Crippen LogP contribution in [0.4, 0.5) is 8.78 Å². The number of carboxylic acid groups (broad SMARTS) is 1. The van der Waals surface area contributed by atoms with E-state index >= 15 is 0 Å². The number of aliphatic carboxylic acids is 1. The Morgan fingerprint density at radius 1 is 1.40 bits per heavy atom. The molecule has 0 fully saturated rings. The number of ether oxygens (including phenoxy) is 1. The molecular weight excluding hydrogens is 206 g/mol. The summed E-state index contributed by atoms with van der Waals surface area (Å²) >= 11 is 0. The first-order valence-corrected chi connectivity index (χ1v) is 4.20. The third-order valence-electron chi connectivity index (χ3n) is 1.90. The molecule has 3 nitrogen and oxygen atoms in total. The highest BCUT2D eigenvalue weighted by Crippen LogP contribution is 2.21. The Bertz CT molecular complexity index is 346. The van der Waals surface area contributed by atoms with E-state index in [0.717, 1.165) is 0 Å². The Morgan fingerprint density at radius 3 is 2.33 bits per heavy atom. The second-order valence-corrected chi connectivity index (χ2v) is 3.03. The highest BCUT2D eigenvalue weighted by Gasteiger charge is 2.38. The maximum absolute atomic E-state index is 12.8. The van der Waals surface area contributed by atoms with Crippen LogP contribution in [0.5, 0.6) is 5.75 Å². The lowest BCUT2D eigenvalue weighted by atomic mass is 10.1. The summed E-state index contributed by atoms with van der Waals surface area (Å²) < 4.78 is 30.4. The predicted molar refractivity (Wildman–Crippen MR) is 49.3 cm³/mol. The lowest BCUT2D eigenvalue weighted by molar-refractivity contribution is -0.164. The van der Waals surface area contributed by atoms with E-state index in [-0.39, 0.29) is 5.56 Å². The van der Waals surface area contributed by atoms with Crippen molar-refractivity contribution in [2.24, 2.45) is 0 Å². The summed E-state index contributed by atoms with van der Waals surface area (Å²) in [7, 11) is 1.46. The minimum Gasteiger partial charge on any atom is -0.497 e. The fourth-order valence-electron chi connectivity index (χ4n) is 1.08. The van der Waals surface area contributed by atoms with Crippen LogP contribution in [0.3, 0.4) is 0 Å². The molecule has 0 aromatic heterocycles. The van der Waals surface area contributed by atoms with Gasteiger partial charge in [-0.15, -0.1) is 0 Å². The molecule has 0 radical (unpaired) electrons. The minimum atomic E-state index is -3.73. The first-order valence-electron chi connectivity index (χ1n) is 4.20. The first-order chi connectivity index (χ1) is 6.95. The SMILES string of the molecule is COc1ccc(CC(F)(F)C(=O)O)cc1. The molecule has 1 N–H and O–H groups in total. The van der Waals surface area contributed by atoms with E-state index in [2.05, 4.69) is 0 Å². The fourth-order valence-corrected chi connectivity index (χ4v) is 1.08. The van der Waals surface area contributed by atoms with E-state index in [1.165, 1.54) is 31.4 Å². The molecule has 82 valence electrons. The number of alkyl halides is 2. The lowest BCUT2D eigenvalue weighted by Gasteiger charge is -2.10. The zero-order chi connectivity index (χ0) is 11.5. The van der Waals surface area contributed by atoms with Crippen LogP contribution in [-0.4, -0.2) is 24.1 Å². The Labute approximate surface area is 85.3 Å². The molecule has 0 bridgehead atoms. The van der Waals surface area contributed by atoms with Crippen LogP contribution in [0, 0.1) is 0 Å². The number of methoxy groups -OCH3 is 1. The normalized spacial score (nSPS) is 11.1. The van der Waals surface area contributed by atoms with E-state index < -0.39 is 18.3 Å². The molecule has 1 aromatic rings. The number of benzene rings is 1. The molecule has 5 heteroatoms. The van der Waals surface area contributed by atoms with Crippen LogP contribution in [-0.2, 0) is 11.2 Å². The Balaban J connectivity index is 2.77. The van der Waals surface area contributed by atoms with Gasteiger partial charge in [0.1, 0.15) is 5.75 Å². The molecule has 0 aliphatic carbocycles. The number of carbonyl (C=O) groups is 1. The zero-order valence-electron chi connectivity index (χ0n) is 8.04. The van der Waals surface area contributed by atoms with Gasteiger partial charge in [-0.1, -0.05) is 12.1 Å². The van der Waals surface area contributed by atoms with Crippen molar-refractivity contribution in [2.75, 3.05) is 7.11 Å². The van der Waals surface area contributed by atoms with Gasteiger partial charge < -0.3 is 9.84 Å². The third-order valence-corrected chi connectivity index (χ3v) is 1.90. The lowest BCUT2D eigenvalue weighted by Crippen LogP contribution is -2.30. The number of hydrogen-bond acceptors (Lipinski definition) is 2. The highest BCUT2D eigenvalue weighted by atomic mass is 19.3. The summed E-state index contributed by atoms with van der Waals surface area (Å²) in [6, 6.07) is 5.84. The molecular formula is C10H10F2O3. The summed E-state index contributed by atoms with van der Waals surface area (Å²) in [4.78, 5) is 10.2. The average Bonchev–Trinajstić information content (AvgIpc) is 2.18. The van der Waals surface area contributed by atoms with Crippen molar-refractivity contribution >= 4 is 5.97 Å². The van der Waals surface area contributed by atoms with Gasteiger partial charge in [-0.3, -0.25) is 0 Å². The molecule has 0 amide bonds. The van der Waals surface area contributed by atoms with Gasteiger partial charge in [0, 0.05) is 6.42 Å². The van der Waals surface area contributed by atoms with Gasteiger partial charge in [-0.2, -0.15) is 8.78 Å². The molecule has 0 aliphatic rings. The Morgan fingerprint density at radius 2 is 1.93 bits per heavy atom. The molecule has 0 unspecified atom stereocenters. The molecule has 0 spiro atoms. The maximum atomic E-state index is 12.8. The van der Waals surface area contributed by atoms with E-state index in [0.29, 0.717) is 5.75 Å². The van der Waals surface area contributed by atoms with Crippen molar-refractivity contribution in [1.29, 1.82) is 0 Å². The van der Waals surface area contributed by atoms with Crippen molar-refractivity contribution in [1.82, 2.24) is 0 Å². The molecule has 0 saturated heterocycles. The summed E-state index contributed by atoms with van der Waals surface area (Å²) in [6.45, 7) is 0. The predicted octanol–water partition coefficient (Wildman–Crippen LogP) is 1.96. The van der Waals surface area contributed by atoms with E-state index in [1.54, 1.807) is 0 Å². The summed E-state index contributed by atoms with van der Waals surface area (Å²) in [6.07, 6.45) is -0.813. The molecule has 1 rings (SSSR count). The van der Waals surface area contributed by atoms with Crippen molar-refractivity contribution in [2.45, 2.75) is 12.3 Å². The molecule has 1 aromatic carbocycles. The Hall–Kier alpha value is -1.65. The maximum Gasteiger partial charge on any atom is 0.374 e. The largest absolute Gasteiger partial charge is 0.497 e. The van der Waals surface area contributed by atoms with Gasteiger partial charge in [0.25, 0.3) is 0 Å². The smallest absolute Gasteiger partial charge is 0.374 e. The van der Waals surface area contributed by atoms with E-state index in [9.17, 15) is 13.6 Å². The standard InChI is InChI=1S/C10H10F2O3/c1-15-8-4-2-7(3-5-8)6-10(11,12)9(13)14/h2-5H,6H2,1H3,(H,13,14). The third kappa shape index (κ3) is 2.90. The van der Waals surface area contributed by atoms with Gasteiger partial charge >= 0.3 is 11.9 Å². The van der Waals surface area contributed by atoms with Crippen molar-refractivity contribution in [3.8, 4) is 5.75 Å². The van der Waals surface area contributed by atoms with E-state index in [4.69, 9.17) is 9.84 Å². The van der Waals surface area contributed by atoms with Gasteiger partial charge in [0.2, 0.25) is 0 Å². The van der Waals surface area contributed by atoms with Crippen LogP contribution in [0.15, 0.2) is 24.3 Å². The van der Waals surface area contributed by atoms with Crippen LogP contribution in [0.2, 0.25) is 0 Å². The molecule has 15 heavy (non-hydrogen) atoms. The summed E-state index contributed by atoms with van der Waals surface area (Å²) in [5.74, 6) is -5.30. The Kier molecular flexibility index (Phi) is 3.24. The summed E-state index contributed by atoms with van der Waals surface area (Å²) in [5.41, 5.74) is 0.253. The van der Waals surface area contributed by atoms with Gasteiger partial charge in [0.15, 0.2) is 0 Å². The summed E-state index contributed by atoms with van der Waals surface area (Å²) in [5, 5.41) is 8.23. The molecule has 0 heterocycles. The quantitative estimate of drug-likeness (QED) is 0.836. The van der Waals surface area contributed by atoms with Crippen LogP contribution in [0.1, 0.15) is 5.56 Å². The van der Waals surface area contributed by atoms with Crippen molar-refractivity contribution in [3.05, 3.63) is 29.8 Å². The first kappa shape index (κ1) is 11.4. The van der Waals surface area contributed by atoms with Crippen LogP contribution < -0.4 is 4.74 Å². The monoisotopic (exact) mass is 216 g/mol. The van der Waals surface area contributed by atoms with E-state index in [1.807, 2.05) is 0 Å². The number of hydrogen-bond donors (Lipinski definition) is 1.